The smallest absolute Gasteiger partial charge is 0.298 e. The standard InChI is InChI=1S/C16H10N6O9/c23-5-8-4-21(14(30)19-12(8)28)16(7-25,20-2-1-10(26)17-13(20)29)22-9(6-24)3-11(27)18-15(22)31/h1-7H,(H,17,26,29)(H,18,27,31)(H,19,28,30). The van der Waals surface area contributed by atoms with E-state index in [2.05, 4.69) is 0 Å². The van der Waals surface area contributed by atoms with Gasteiger partial charge in [-0.3, -0.25) is 52.9 Å². The number of aromatic nitrogens is 6. The first-order valence-corrected chi connectivity index (χ1v) is 8.12. The lowest BCUT2D eigenvalue weighted by atomic mass is 10.2. The van der Waals surface area contributed by atoms with E-state index in [4.69, 9.17) is 0 Å². The Labute approximate surface area is 166 Å². The second kappa shape index (κ2) is 7.47. The third-order valence-corrected chi connectivity index (χ3v) is 4.21. The van der Waals surface area contributed by atoms with Gasteiger partial charge in [0.2, 0.25) is 0 Å². The van der Waals surface area contributed by atoms with E-state index in [-0.39, 0.29) is 23.4 Å². The van der Waals surface area contributed by atoms with E-state index in [0.29, 0.717) is 21.4 Å². The molecule has 15 heteroatoms. The Hall–Kier alpha value is -4.95. The number of hydrogen-bond acceptors (Lipinski definition) is 9. The lowest BCUT2D eigenvalue weighted by Crippen LogP contribution is -2.63. The number of carbonyl (C=O) groups excluding carboxylic acids is 3. The maximum Gasteiger partial charge on any atom is 0.332 e. The first kappa shape index (κ1) is 20.8. The maximum absolute atomic E-state index is 12.6. The van der Waals surface area contributed by atoms with Crippen molar-refractivity contribution in [2.45, 2.75) is 5.79 Å². The number of rotatable bonds is 6. The Morgan fingerprint density at radius 1 is 0.774 bits per heavy atom. The molecule has 31 heavy (non-hydrogen) atoms. The highest BCUT2D eigenvalue weighted by atomic mass is 16.2. The number of aldehydes is 3. The van der Waals surface area contributed by atoms with Crippen molar-refractivity contribution in [3.63, 3.8) is 0 Å². The van der Waals surface area contributed by atoms with Gasteiger partial charge in [0.15, 0.2) is 18.9 Å². The molecule has 0 saturated heterocycles. The molecule has 1 unspecified atom stereocenters. The van der Waals surface area contributed by atoms with Gasteiger partial charge in [0.25, 0.3) is 22.5 Å². The average Bonchev–Trinajstić information content (AvgIpc) is 2.71. The van der Waals surface area contributed by atoms with E-state index in [9.17, 15) is 43.2 Å². The largest absolute Gasteiger partial charge is 0.332 e. The Morgan fingerprint density at radius 2 is 1.42 bits per heavy atom. The van der Waals surface area contributed by atoms with E-state index >= 15 is 0 Å². The number of hydrogen-bond donors (Lipinski definition) is 3. The summed E-state index contributed by atoms with van der Waals surface area (Å²) in [5.74, 6) is -2.92. The monoisotopic (exact) mass is 430 g/mol. The third-order valence-electron chi connectivity index (χ3n) is 4.21. The summed E-state index contributed by atoms with van der Waals surface area (Å²) in [5, 5.41) is 0. The molecule has 3 rings (SSSR count). The molecule has 0 fully saturated rings. The zero-order valence-corrected chi connectivity index (χ0v) is 15.1. The number of carbonyl (C=O) groups is 3. The predicted octanol–water partition coefficient (Wildman–Crippen LogP) is -4.23. The molecule has 0 radical (unpaired) electrons. The van der Waals surface area contributed by atoms with Crippen molar-refractivity contribution in [3.8, 4) is 0 Å². The quantitative estimate of drug-likeness (QED) is 0.322. The van der Waals surface area contributed by atoms with E-state index in [0.717, 1.165) is 12.3 Å². The van der Waals surface area contributed by atoms with Gasteiger partial charge >= 0.3 is 17.1 Å². The second-order valence-electron chi connectivity index (χ2n) is 5.93. The van der Waals surface area contributed by atoms with Crippen LogP contribution in [-0.2, 0) is 10.6 Å². The number of nitrogens with zero attached hydrogens (tertiary/aromatic N) is 3. The Kier molecular flexibility index (Phi) is 5.00. The second-order valence-corrected chi connectivity index (χ2v) is 5.93. The molecule has 158 valence electrons. The van der Waals surface area contributed by atoms with Crippen molar-refractivity contribution in [1.29, 1.82) is 0 Å². The molecule has 0 saturated carbocycles. The van der Waals surface area contributed by atoms with Crippen molar-refractivity contribution in [2.75, 3.05) is 0 Å². The van der Waals surface area contributed by atoms with E-state index in [1.165, 1.54) is 0 Å². The van der Waals surface area contributed by atoms with Crippen molar-refractivity contribution >= 4 is 18.9 Å². The predicted molar refractivity (Wildman–Crippen MR) is 99.6 cm³/mol. The van der Waals surface area contributed by atoms with Crippen LogP contribution in [0.15, 0.2) is 53.3 Å². The fourth-order valence-electron chi connectivity index (χ4n) is 2.93. The summed E-state index contributed by atoms with van der Waals surface area (Å²) in [6, 6.07) is 1.36. The van der Waals surface area contributed by atoms with Gasteiger partial charge in [0, 0.05) is 24.5 Å². The minimum Gasteiger partial charge on any atom is -0.298 e. The van der Waals surface area contributed by atoms with Crippen LogP contribution in [0.25, 0.3) is 0 Å². The zero-order valence-electron chi connectivity index (χ0n) is 15.1. The van der Waals surface area contributed by atoms with Crippen LogP contribution in [0.5, 0.6) is 0 Å². The van der Waals surface area contributed by atoms with Crippen LogP contribution in [0.3, 0.4) is 0 Å². The fourth-order valence-corrected chi connectivity index (χ4v) is 2.93. The van der Waals surface area contributed by atoms with Crippen molar-refractivity contribution < 1.29 is 14.4 Å². The number of aromatic amines is 3. The Morgan fingerprint density at radius 3 is 2.00 bits per heavy atom. The summed E-state index contributed by atoms with van der Waals surface area (Å²) in [7, 11) is 0. The molecule has 0 aliphatic rings. The summed E-state index contributed by atoms with van der Waals surface area (Å²) in [4.78, 5) is 113. The number of nitrogens with one attached hydrogen (secondary N) is 3. The molecule has 3 N–H and O–H groups in total. The highest BCUT2D eigenvalue weighted by molar-refractivity contribution is 5.75. The van der Waals surface area contributed by atoms with Crippen LogP contribution in [-0.4, -0.2) is 47.5 Å². The zero-order chi connectivity index (χ0) is 22.9. The molecule has 0 bridgehead atoms. The van der Waals surface area contributed by atoms with Gasteiger partial charge in [-0.2, -0.15) is 0 Å². The van der Waals surface area contributed by atoms with Crippen LogP contribution < -0.4 is 33.7 Å². The summed E-state index contributed by atoms with van der Waals surface area (Å²) in [5.41, 5.74) is -8.65. The van der Waals surface area contributed by atoms with E-state index in [1.54, 1.807) is 15.0 Å². The third kappa shape index (κ3) is 3.15. The number of H-pyrrole nitrogens is 3. The lowest BCUT2D eigenvalue weighted by molar-refractivity contribution is -0.119. The molecule has 1 atom stereocenters. The van der Waals surface area contributed by atoms with Crippen LogP contribution in [0.1, 0.15) is 20.8 Å². The maximum atomic E-state index is 12.6. The highest BCUT2D eigenvalue weighted by Gasteiger charge is 2.42. The summed E-state index contributed by atoms with van der Waals surface area (Å²) < 4.78 is 0.947. The van der Waals surface area contributed by atoms with Gasteiger partial charge in [-0.15, -0.1) is 0 Å². The highest BCUT2D eigenvalue weighted by Crippen LogP contribution is 2.15. The van der Waals surface area contributed by atoms with Gasteiger partial charge < -0.3 is 0 Å². The summed E-state index contributed by atoms with van der Waals surface area (Å²) in [6.07, 6.45) is 1.15. The molecule has 0 aliphatic heterocycles. The minimum atomic E-state index is -2.92. The van der Waals surface area contributed by atoms with Gasteiger partial charge in [0.1, 0.15) is 0 Å². The molecule has 3 aromatic heterocycles. The molecule has 3 heterocycles. The molecule has 0 aliphatic carbocycles. The normalized spacial score (nSPS) is 12.6. The summed E-state index contributed by atoms with van der Waals surface area (Å²) in [6.45, 7) is 0. The SMILES string of the molecule is O=Cc1cn(C(C=O)(n2ccc(=O)[nH]c2=O)n2c(C=O)cc(=O)[nH]c2=O)c(=O)[nH]c1=O. The van der Waals surface area contributed by atoms with Crippen LogP contribution in [0, 0.1) is 0 Å². The first-order chi connectivity index (χ1) is 14.7. The van der Waals surface area contributed by atoms with Gasteiger partial charge in [0.05, 0.1) is 11.3 Å². The first-order valence-electron chi connectivity index (χ1n) is 8.12. The molecule has 0 amide bonds. The van der Waals surface area contributed by atoms with Crippen LogP contribution in [0.4, 0.5) is 0 Å². The molecule has 0 aromatic carbocycles. The van der Waals surface area contributed by atoms with Crippen LogP contribution >= 0.6 is 0 Å². The van der Waals surface area contributed by atoms with Gasteiger partial charge in [-0.1, -0.05) is 0 Å². The van der Waals surface area contributed by atoms with E-state index in [1.807, 2.05) is 0 Å². The molecular weight excluding hydrogens is 420 g/mol. The molecular formula is C16H10N6O9. The molecule has 15 nitrogen and oxygen atoms in total. The minimum absolute atomic E-state index is 0.0110. The van der Waals surface area contributed by atoms with Gasteiger partial charge in [-0.05, 0) is 0 Å². The molecule has 3 aromatic rings. The van der Waals surface area contributed by atoms with E-state index < -0.39 is 50.8 Å². The Balaban J connectivity index is 2.70. The van der Waals surface area contributed by atoms with Gasteiger partial charge in [-0.25, -0.2) is 19.0 Å². The summed E-state index contributed by atoms with van der Waals surface area (Å²) >= 11 is 0. The van der Waals surface area contributed by atoms with Crippen molar-refractivity contribution in [3.05, 3.63) is 98.3 Å². The topological polar surface area (TPSA) is 216 Å². The molecule has 0 spiro atoms. The van der Waals surface area contributed by atoms with Crippen LogP contribution in [0.2, 0.25) is 0 Å². The lowest BCUT2D eigenvalue weighted by Gasteiger charge is -2.33. The average molecular weight is 430 g/mol. The Bertz CT molecular complexity index is 1580. The fraction of sp³-hybridized carbons (Fsp3) is 0.0625. The van der Waals surface area contributed by atoms with Crippen molar-refractivity contribution in [1.82, 2.24) is 28.7 Å². The van der Waals surface area contributed by atoms with Crippen molar-refractivity contribution in [2.24, 2.45) is 0 Å².